The minimum absolute atomic E-state index is 0.0573. The second-order valence-corrected chi connectivity index (χ2v) is 5.73. The van der Waals surface area contributed by atoms with Crippen LogP contribution in [0.3, 0.4) is 0 Å². The summed E-state index contributed by atoms with van der Waals surface area (Å²) >= 11 is 0. The molecular weight excluding hydrogens is 274 g/mol. The third kappa shape index (κ3) is 5.32. The molecule has 1 N–H and O–H groups in total. The number of carbonyl (C=O) groups is 2. The first-order valence-corrected chi connectivity index (χ1v) is 7.93. The SMILES string of the molecule is CC(=O)CCCCCCC(=O)Nc1ccc2ccccc2c1. The van der Waals surface area contributed by atoms with E-state index in [-0.39, 0.29) is 11.7 Å². The number of hydrogen-bond acceptors (Lipinski definition) is 2. The van der Waals surface area contributed by atoms with Gasteiger partial charge < -0.3 is 10.1 Å². The lowest BCUT2D eigenvalue weighted by Crippen LogP contribution is -2.10. The van der Waals surface area contributed by atoms with Crippen LogP contribution in [0, 0.1) is 0 Å². The number of amides is 1. The third-order valence-electron chi connectivity index (χ3n) is 3.72. The Morgan fingerprint density at radius 2 is 1.55 bits per heavy atom. The zero-order chi connectivity index (χ0) is 15.8. The van der Waals surface area contributed by atoms with Crippen molar-refractivity contribution >= 4 is 28.2 Å². The first-order valence-electron chi connectivity index (χ1n) is 7.93. The van der Waals surface area contributed by atoms with Crippen LogP contribution < -0.4 is 5.32 Å². The molecule has 0 fully saturated rings. The van der Waals surface area contributed by atoms with Gasteiger partial charge in [0.1, 0.15) is 5.78 Å². The van der Waals surface area contributed by atoms with Crippen LogP contribution in [-0.4, -0.2) is 11.7 Å². The topological polar surface area (TPSA) is 46.2 Å². The molecule has 0 bridgehead atoms. The van der Waals surface area contributed by atoms with Gasteiger partial charge in [-0.1, -0.05) is 43.2 Å². The lowest BCUT2D eigenvalue weighted by molar-refractivity contribution is -0.117. The number of hydrogen-bond donors (Lipinski definition) is 1. The average molecular weight is 297 g/mol. The summed E-state index contributed by atoms with van der Waals surface area (Å²) in [6, 6.07) is 14.1. The van der Waals surface area contributed by atoms with Crippen molar-refractivity contribution in [2.45, 2.75) is 45.4 Å². The Morgan fingerprint density at radius 3 is 2.27 bits per heavy atom. The van der Waals surface area contributed by atoms with Gasteiger partial charge in [-0.15, -0.1) is 0 Å². The Balaban J connectivity index is 1.73. The van der Waals surface area contributed by atoms with Crippen LogP contribution in [0.4, 0.5) is 5.69 Å². The summed E-state index contributed by atoms with van der Waals surface area (Å²) in [6.45, 7) is 1.62. The molecular formula is C19H23NO2. The summed E-state index contributed by atoms with van der Waals surface area (Å²) in [5.41, 5.74) is 0.847. The number of fused-ring (bicyclic) bond motifs is 1. The van der Waals surface area contributed by atoms with Crippen LogP contribution in [0.2, 0.25) is 0 Å². The Bertz CT molecular complexity index is 649. The fourth-order valence-corrected chi connectivity index (χ4v) is 2.50. The molecule has 0 heterocycles. The molecule has 2 rings (SSSR count). The smallest absolute Gasteiger partial charge is 0.224 e. The van der Waals surface area contributed by atoms with Crippen molar-refractivity contribution in [1.29, 1.82) is 0 Å². The van der Waals surface area contributed by atoms with Gasteiger partial charge in [-0.2, -0.15) is 0 Å². The molecule has 0 saturated carbocycles. The third-order valence-corrected chi connectivity index (χ3v) is 3.72. The van der Waals surface area contributed by atoms with Crippen molar-refractivity contribution in [3.63, 3.8) is 0 Å². The maximum atomic E-state index is 11.9. The van der Waals surface area contributed by atoms with E-state index in [0.717, 1.165) is 36.8 Å². The molecule has 2 aromatic rings. The van der Waals surface area contributed by atoms with Crippen molar-refractivity contribution in [3.8, 4) is 0 Å². The number of anilines is 1. The molecule has 0 spiro atoms. The molecule has 0 radical (unpaired) electrons. The van der Waals surface area contributed by atoms with E-state index < -0.39 is 0 Å². The lowest BCUT2D eigenvalue weighted by atomic mass is 10.1. The summed E-state index contributed by atoms with van der Waals surface area (Å²) in [6.07, 6.45) is 5.01. The van der Waals surface area contributed by atoms with Gasteiger partial charge in [0.2, 0.25) is 5.91 Å². The fourth-order valence-electron chi connectivity index (χ4n) is 2.50. The van der Waals surface area contributed by atoms with E-state index in [1.165, 1.54) is 5.39 Å². The average Bonchev–Trinajstić information content (AvgIpc) is 2.50. The quantitative estimate of drug-likeness (QED) is 0.717. The molecule has 0 aliphatic rings. The summed E-state index contributed by atoms with van der Waals surface area (Å²) in [5, 5.41) is 5.25. The molecule has 0 aliphatic heterocycles. The Morgan fingerprint density at radius 1 is 0.864 bits per heavy atom. The van der Waals surface area contributed by atoms with E-state index in [2.05, 4.69) is 11.4 Å². The Hall–Kier alpha value is -2.16. The zero-order valence-electron chi connectivity index (χ0n) is 13.1. The minimum atomic E-state index is 0.0573. The number of rotatable bonds is 8. The van der Waals surface area contributed by atoms with Crippen LogP contribution in [0.1, 0.15) is 45.4 Å². The van der Waals surface area contributed by atoms with E-state index in [1.807, 2.05) is 36.4 Å². The van der Waals surface area contributed by atoms with E-state index in [4.69, 9.17) is 0 Å². The number of carbonyl (C=O) groups excluding carboxylic acids is 2. The predicted octanol–water partition coefficient (Wildman–Crippen LogP) is 4.71. The van der Waals surface area contributed by atoms with E-state index in [0.29, 0.717) is 12.8 Å². The summed E-state index contributed by atoms with van der Waals surface area (Å²) < 4.78 is 0. The summed E-state index contributed by atoms with van der Waals surface area (Å²) in [5.74, 6) is 0.302. The van der Waals surface area contributed by atoms with Gasteiger partial charge in [-0.3, -0.25) is 4.79 Å². The second-order valence-electron chi connectivity index (χ2n) is 5.73. The van der Waals surface area contributed by atoms with Crippen LogP contribution >= 0.6 is 0 Å². The molecule has 0 saturated heterocycles. The molecule has 3 heteroatoms. The van der Waals surface area contributed by atoms with E-state index in [9.17, 15) is 9.59 Å². The maximum absolute atomic E-state index is 11.9. The van der Waals surface area contributed by atoms with Crippen molar-refractivity contribution in [2.75, 3.05) is 5.32 Å². The number of unbranched alkanes of at least 4 members (excludes halogenated alkanes) is 3. The normalized spacial score (nSPS) is 10.6. The molecule has 116 valence electrons. The van der Waals surface area contributed by atoms with E-state index >= 15 is 0 Å². The fraction of sp³-hybridized carbons (Fsp3) is 0.368. The van der Waals surface area contributed by atoms with Crippen LogP contribution in [0.5, 0.6) is 0 Å². The number of ketones is 1. The van der Waals surface area contributed by atoms with Gasteiger partial charge in [-0.25, -0.2) is 0 Å². The minimum Gasteiger partial charge on any atom is -0.326 e. The second kappa shape index (κ2) is 8.32. The lowest BCUT2D eigenvalue weighted by Gasteiger charge is -2.06. The van der Waals surface area contributed by atoms with E-state index in [1.54, 1.807) is 6.92 Å². The van der Waals surface area contributed by atoms with Gasteiger partial charge in [0.25, 0.3) is 0 Å². The molecule has 0 unspecified atom stereocenters. The molecule has 0 atom stereocenters. The highest BCUT2D eigenvalue weighted by atomic mass is 16.1. The molecule has 3 nitrogen and oxygen atoms in total. The van der Waals surface area contributed by atoms with Crippen LogP contribution in [-0.2, 0) is 9.59 Å². The highest BCUT2D eigenvalue weighted by Crippen LogP contribution is 2.19. The molecule has 2 aromatic carbocycles. The monoisotopic (exact) mass is 297 g/mol. The van der Waals surface area contributed by atoms with Crippen LogP contribution in [0.15, 0.2) is 42.5 Å². The first kappa shape index (κ1) is 16.2. The van der Waals surface area contributed by atoms with Crippen molar-refractivity contribution in [3.05, 3.63) is 42.5 Å². The number of nitrogens with one attached hydrogen (secondary N) is 1. The Labute approximate surface area is 131 Å². The van der Waals surface area contributed by atoms with Gasteiger partial charge in [0, 0.05) is 18.5 Å². The van der Waals surface area contributed by atoms with Gasteiger partial charge in [-0.05, 0) is 42.7 Å². The molecule has 0 aliphatic carbocycles. The summed E-state index contributed by atoms with van der Waals surface area (Å²) in [4.78, 5) is 22.7. The number of Topliss-reactive ketones (excluding diaryl/α,β-unsaturated/α-hetero) is 1. The van der Waals surface area contributed by atoms with Gasteiger partial charge >= 0.3 is 0 Å². The predicted molar refractivity (Wildman–Crippen MR) is 91.0 cm³/mol. The van der Waals surface area contributed by atoms with Crippen LogP contribution in [0.25, 0.3) is 10.8 Å². The van der Waals surface area contributed by atoms with Gasteiger partial charge in [0.15, 0.2) is 0 Å². The molecule has 1 amide bonds. The van der Waals surface area contributed by atoms with Crippen molar-refractivity contribution in [1.82, 2.24) is 0 Å². The summed E-state index contributed by atoms with van der Waals surface area (Å²) in [7, 11) is 0. The van der Waals surface area contributed by atoms with Crippen molar-refractivity contribution < 1.29 is 9.59 Å². The molecule has 22 heavy (non-hydrogen) atoms. The largest absolute Gasteiger partial charge is 0.326 e. The first-order chi connectivity index (χ1) is 10.6. The highest BCUT2D eigenvalue weighted by molar-refractivity contribution is 5.94. The Kier molecular flexibility index (Phi) is 6.13. The van der Waals surface area contributed by atoms with Gasteiger partial charge in [0.05, 0.1) is 0 Å². The maximum Gasteiger partial charge on any atom is 0.224 e. The zero-order valence-corrected chi connectivity index (χ0v) is 13.1. The standard InChI is InChI=1S/C19H23NO2/c1-15(21)8-4-2-3-5-11-19(22)20-18-13-12-16-9-6-7-10-17(16)14-18/h6-7,9-10,12-14H,2-5,8,11H2,1H3,(H,20,22). The molecule has 0 aromatic heterocycles. The number of benzene rings is 2. The highest BCUT2D eigenvalue weighted by Gasteiger charge is 2.03. The van der Waals surface area contributed by atoms with Crippen molar-refractivity contribution in [2.24, 2.45) is 0 Å².